The van der Waals surface area contributed by atoms with Gasteiger partial charge in [0.15, 0.2) is 5.16 Å². The number of carbonyl (C=O) groups is 1. The molecule has 0 radical (unpaired) electrons. The third-order valence-electron chi connectivity index (χ3n) is 4.05. The normalized spacial score (nSPS) is 15.1. The number of amides is 1. The third kappa shape index (κ3) is 3.70. The van der Waals surface area contributed by atoms with E-state index in [-0.39, 0.29) is 11.2 Å². The van der Waals surface area contributed by atoms with Gasteiger partial charge in [-0.05, 0) is 38.3 Å². The second-order valence-electron chi connectivity index (χ2n) is 6.08. The maximum absolute atomic E-state index is 12.5. The predicted octanol–water partition coefficient (Wildman–Crippen LogP) is 3.77. The highest BCUT2D eigenvalue weighted by atomic mass is 32.2. The Hall–Kier alpha value is -2.08. The van der Waals surface area contributed by atoms with E-state index >= 15 is 0 Å². The lowest BCUT2D eigenvalue weighted by molar-refractivity contribution is -0.115. The Morgan fingerprint density at radius 3 is 2.88 bits per heavy atom. The van der Waals surface area contributed by atoms with Crippen LogP contribution in [-0.4, -0.2) is 25.9 Å². The summed E-state index contributed by atoms with van der Waals surface area (Å²) in [5.41, 5.74) is 1.90. The van der Waals surface area contributed by atoms with Crippen molar-refractivity contribution in [3.05, 3.63) is 48.3 Å². The van der Waals surface area contributed by atoms with Gasteiger partial charge in [-0.15, -0.1) is 16.8 Å². The summed E-state index contributed by atoms with van der Waals surface area (Å²) >= 11 is 1.44. The van der Waals surface area contributed by atoms with Crippen molar-refractivity contribution in [3.8, 4) is 0 Å². The molecular weight excluding hydrogens is 320 g/mol. The minimum Gasteiger partial charge on any atom is -0.325 e. The van der Waals surface area contributed by atoms with E-state index in [1.54, 1.807) is 0 Å². The molecule has 1 amide bonds. The summed E-state index contributed by atoms with van der Waals surface area (Å²) in [7, 11) is 0. The zero-order chi connectivity index (χ0) is 17.1. The van der Waals surface area contributed by atoms with Crippen molar-refractivity contribution < 1.29 is 4.79 Å². The molecule has 2 aromatic rings. The number of hydrogen-bond donors (Lipinski definition) is 1. The molecule has 1 saturated carbocycles. The molecule has 0 bridgehead atoms. The molecule has 5 nitrogen and oxygen atoms in total. The van der Waals surface area contributed by atoms with Crippen molar-refractivity contribution in [2.24, 2.45) is 0 Å². The SMILES string of the molecule is C=CCn1c(SC(C)C(=O)Nc2ccccc2C)nnc1C1CC1. The van der Waals surface area contributed by atoms with Crippen LogP contribution in [0.15, 0.2) is 42.1 Å². The van der Waals surface area contributed by atoms with E-state index in [9.17, 15) is 4.79 Å². The molecule has 1 aliphatic carbocycles. The number of nitrogens with zero attached hydrogens (tertiary/aromatic N) is 3. The van der Waals surface area contributed by atoms with Crippen LogP contribution in [0.25, 0.3) is 0 Å². The topological polar surface area (TPSA) is 59.8 Å². The van der Waals surface area contributed by atoms with Crippen LogP contribution in [0.2, 0.25) is 0 Å². The second-order valence-corrected chi connectivity index (χ2v) is 7.39. The molecule has 0 aliphatic heterocycles. The molecular formula is C18H22N4OS. The van der Waals surface area contributed by atoms with Crippen molar-refractivity contribution in [2.75, 3.05) is 5.32 Å². The first-order valence-electron chi connectivity index (χ1n) is 8.17. The van der Waals surface area contributed by atoms with Gasteiger partial charge in [-0.25, -0.2) is 0 Å². The molecule has 1 N–H and O–H groups in total. The monoisotopic (exact) mass is 342 g/mol. The lowest BCUT2D eigenvalue weighted by Gasteiger charge is -2.14. The molecule has 1 heterocycles. The summed E-state index contributed by atoms with van der Waals surface area (Å²) < 4.78 is 2.08. The Morgan fingerprint density at radius 1 is 1.46 bits per heavy atom. The number of allylic oxidation sites excluding steroid dienone is 1. The Bertz CT molecular complexity index is 751. The average Bonchev–Trinajstić information content (AvgIpc) is 3.34. The number of hydrogen-bond acceptors (Lipinski definition) is 4. The maximum Gasteiger partial charge on any atom is 0.237 e. The molecule has 1 aromatic heterocycles. The van der Waals surface area contributed by atoms with Gasteiger partial charge in [-0.1, -0.05) is 36.0 Å². The van der Waals surface area contributed by atoms with E-state index in [1.165, 1.54) is 24.6 Å². The van der Waals surface area contributed by atoms with Gasteiger partial charge in [0.2, 0.25) is 5.91 Å². The van der Waals surface area contributed by atoms with E-state index in [1.807, 2.05) is 44.2 Å². The number of anilines is 1. The van der Waals surface area contributed by atoms with Crippen LogP contribution in [0.4, 0.5) is 5.69 Å². The van der Waals surface area contributed by atoms with Crippen molar-refractivity contribution in [1.82, 2.24) is 14.8 Å². The Kier molecular flexibility index (Phi) is 5.04. The fourth-order valence-corrected chi connectivity index (χ4v) is 3.36. The molecule has 1 unspecified atom stereocenters. The number of rotatable bonds is 7. The molecule has 6 heteroatoms. The molecule has 0 spiro atoms. The molecule has 126 valence electrons. The maximum atomic E-state index is 12.5. The summed E-state index contributed by atoms with van der Waals surface area (Å²) in [6, 6.07) is 7.77. The van der Waals surface area contributed by atoms with Crippen LogP contribution < -0.4 is 5.32 Å². The minimum atomic E-state index is -0.260. The van der Waals surface area contributed by atoms with Gasteiger partial charge in [0.1, 0.15) is 5.82 Å². The van der Waals surface area contributed by atoms with E-state index in [2.05, 4.69) is 26.7 Å². The van der Waals surface area contributed by atoms with Gasteiger partial charge in [-0.2, -0.15) is 0 Å². The first-order valence-corrected chi connectivity index (χ1v) is 9.05. The van der Waals surface area contributed by atoms with Crippen molar-refractivity contribution in [1.29, 1.82) is 0 Å². The molecule has 24 heavy (non-hydrogen) atoms. The quantitative estimate of drug-likeness (QED) is 0.615. The summed E-state index contributed by atoms with van der Waals surface area (Å²) in [6.45, 7) is 8.36. The van der Waals surface area contributed by atoms with Gasteiger partial charge in [-0.3, -0.25) is 4.79 Å². The Morgan fingerprint density at radius 2 is 2.21 bits per heavy atom. The molecule has 1 aliphatic rings. The third-order valence-corrected chi connectivity index (χ3v) is 5.13. The minimum absolute atomic E-state index is 0.0320. The summed E-state index contributed by atoms with van der Waals surface area (Å²) in [5.74, 6) is 1.50. The number of carbonyl (C=O) groups excluding carboxylic acids is 1. The molecule has 1 aromatic carbocycles. The Balaban J connectivity index is 1.70. The number of thioether (sulfide) groups is 1. The summed E-state index contributed by atoms with van der Waals surface area (Å²) in [6.07, 6.45) is 4.18. The Labute approximate surface area is 146 Å². The van der Waals surface area contributed by atoms with Crippen molar-refractivity contribution >= 4 is 23.4 Å². The second kappa shape index (κ2) is 7.21. The molecule has 1 fully saturated rings. The van der Waals surface area contributed by atoms with Crippen molar-refractivity contribution in [3.63, 3.8) is 0 Å². The fourth-order valence-electron chi connectivity index (χ4n) is 2.49. The number of nitrogens with one attached hydrogen (secondary N) is 1. The predicted molar refractivity (Wildman–Crippen MR) is 97.3 cm³/mol. The molecule has 3 rings (SSSR count). The van der Waals surface area contributed by atoms with Gasteiger partial charge >= 0.3 is 0 Å². The van der Waals surface area contributed by atoms with Crippen LogP contribution in [0.1, 0.15) is 37.1 Å². The van der Waals surface area contributed by atoms with E-state index < -0.39 is 0 Å². The van der Waals surface area contributed by atoms with Gasteiger partial charge in [0, 0.05) is 18.2 Å². The highest BCUT2D eigenvalue weighted by Crippen LogP contribution is 2.40. The highest BCUT2D eigenvalue weighted by molar-refractivity contribution is 8.00. The van der Waals surface area contributed by atoms with Gasteiger partial charge in [0.05, 0.1) is 5.25 Å². The lowest BCUT2D eigenvalue weighted by Crippen LogP contribution is -2.23. The number of aromatic nitrogens is 3. The largest absolute Gasteiger partial charge is 0.325 e. The van der Waals surface area contributed by atoms with E-state index in [0.717, 1.165) is 22.2 Å². The van der Waals surface area contributed by atoms with E-state index in [0.29, 0.717) is 12.5 Å². The molecule has 0 saturated heterocycles. The first-order chi connectivity index (χ1) is 11.6. The van der Waals surface area contributed by atoms with Gasteiger partial charge < -0.3 is 9.88 Å². The number of para-hydroxylation sites is 1. The smallest absolute Gasteiger partial charge is 0.237 e. The van der Waals surface area contributed by atoms with Crippen LogP contribution in [0.3, 0.4) is 0 Å². The fraction of sp³-hybridized carbons (Fsp3) is 0.389. The highest BCUT2D eigenvalue weighted by Gasteiger charge is 2.31. The zero-order valence-corrected chi connectivity index (χ0v) is 14.8. The van der Waals surface area contributed by atoms with Crippen LogP contribution in [-0.2, 0) is 11.3 Å². The summed E-state index contributed by atoms with van der Waals surface area (Å²) in [4.78, 5) is 12.5. The van der Waals surface area contributed by atoms with Crippen LogP contribution in [0.5, 0.6) is 0 Å². The van der Waals surface area contributed by atoms with E-state index in [4.69, 9.17) is 0 Å². The first kappa shape index (κ1) is 16.8. The summed E-state index contributed by atoms with van der Waals surface area (Å²) in [5, 5.41) is 12.1. The van der Waals surface area contributed by atoms with Crippen LogP contribution in [0, 0.1) is 6.92 Å². The van der Waals surface area contributed by atoms with Gasteiger partial charge in [0.25, 0.3) is 0 Å². The number of benzene rings is 1. The lowest BCUT2D eigenvalue weighted by atomic mass is 10.2. The molecule has 1 atom stereocenters. The standard InChI is InChI=1S/C18H22N4OS/c1-4-11-22-16(14-9-10-14)20-21-18(22)24-13(3)17(23)19-15-8-6-5-7-12(15)2/h4-8,13-14H,1,9-11H2,2-3H3,(H,19,23). The zero-order valence-electron chi connectivity index (χ0n) is 14.0. The number of aryl methyl sites for hydroxylation is 1. The van der Waals surface area contributed by atoms with Crippen LogP contribution >= 0.6 is 11.8 Å². The van der Waals surface area contributed by atoms with Crippen molar-refractivity contribution in [2.45, 2.75) is 49.6 Å². The average molecular weight is 342 g/mol.